The van der Waals surface area contributed by atoms with Crippen molar-refractivity contribution in [1.82, 2.24) is 24.1 Å². The zero-order chi connectivity index (χ0) is 12.5. The number of hydrogen-bond acceptors (Lipinski definition) is 4. The van der Waals surface area contributed by atoms with E-state index in [1.165, 1.54) is 16.9 Å². The highest BCUT2D eigenvalue weighted by atomic mass is 35.5. The highest BCUT2D eigenvalue weighted by Crippen LogP contribution is 2.07. The van der Waals surface area contributed by atoms with Gasteiger partial charge in [-0.25, -0.2) is 4.98 Å². The fourth-order valence-corrected chi connectivity index (χ4v) is 1.81. The van der Waals surface area contributed by atoms with Crippen LogP contribution in [0.4, 0.5) is 0 Å². The van der Waals surface area contributed by atoms with Crippen LogP contribution in [0.1, 0.15) is 5.56 Å². The largest absolute Gasteiger partial charge is 0.312 e. The number of rotatable bonds is 2. The molecule has 0 amide bonds. The summed E-state index contributed by atoms with van der Waals surface area (Å²) in [4.78, 5) is 19.6. The minimum absolute atomic E-state index is 0.201. The summed E-state index contributed by atoms with van der Waals surface area (Å²) in [6, 6.07) is 5.05. The van der Waals surface area contributed by atoms with E-state index in [4.69, 9.17) is 11.6 Å². The van der Waals surface area contributed by atoms with E-state index in [9.17, 15) is 4.79 Å². The quantitative estimate of drug-likeness (QED) is 0.645. The van der Waals surface area contributed by atoms with Crippen molar-refractivity contribution in [3.63, 3.8) is 0 Å². The topological polar surface area (TPSA) is 65.1 Å². The second kappa shape index (κ2) is 4.23. The van der Waals surface area contributed by atoms with E-state index < -0.39 is 0 Å². The van der Waals surface area contributed by atoms with Crippen LogP contribution in [0, 0.1) is 0 Å². The zero-order valence-electron chi connectivity index (χ0n) is 9.19. The Hall–Kier alpha value is -2.21. The Morgan fingerprint density at radius 1 is 1.22 bits per heavy atom. The summed E-state index contributed by atoms with van der Waals surface area (Å²) in [5.41, 5.74) is 0.765. The maximum Gasteiger partial charge on any atom is 0.275 e. The number of pyridine rings is 1. The normalized spacial score (nSPS) is 10.9. The molecule has 0 N–H and O–H groups in total. The maximum absolute atomic E-state index is 11.5. The molecule has 0 aromatic carbocycles. The van der Waals surface area contributed by atoms with Gasteiger partial charge in [0.15, 0.2) is 0 Å². The van der Waals surface area contributed by atoms with Crippen LogP contribution >= 0.6 is 11.6 Å². The van der Waals surface area contributed by atoms with Crippen molar-refractivity contribution in [3.8, 4) is 0 Å². The van der Waals surface area contributed by atoms with Crippen molar-refractivity contribution < 1.29 is 0 Å². The monoisotopic (exact) mass is 261 g/mol. The minimum atomic E-state index is -0.201. The maximum atomic E-state index is 11.5. The van der Waals surface area contributed by atoms with Crippen LogP contribution < -0.4 is 5.56 Å². The molecule has 7 heteroatoms. The van der Waals surface area contributed by atoms with Gasteiger partial charge in [0.25, 0.3) is 5.56 Å². The van der Waals surface area contributed by atoms with Gasteiger partial charge in [0.05, 0.1) is 6.54 Å². The third kappa shape index (κ3) is 1.86. The van der Waals surface area contributed by atoms with E-state index in [0.717, 1.165) is 5.56 Å². The summed E-state index contributed by atoms with van der Waals surface area (Å²) in [5.74, 6) is 0.498. The second-order valence-electron chi connectivity index (χ2n) is 3.74. The van der Waals surface area contributed by atoms with E-state index in [1.54, 1.807) is 18.5 Å². The molecule has 0 fully saturated rings. The fourth-order valence-electron chi connectivity index (χ4n) is 1.70. The summed E-state index contributed by atoms with van der Waals surface area (Å²) < 4.78 is 3.07. The molecule has 0 atom stereocenters. The molecule has 6 nitrogen and oxygen atoms in total. The molecule has 0 aliphatic heterocycles. The molecule has 3 rings (SSSR count). The molecule has 0 aliphatic carbocycles. The van der Waals surface area contributed by atoms with Gasteiger partial charge < -0.3 is 4.57 Å². The van der Waals surface area contributed by atoms with Gasteiger partial charge in [0, 0.05) is 18.5 Å². The molecule has 3 aromatic rings. The van der Waals surface area contributed by atoms with E-state index >= 15 is 0 Å². The highest BCUT2D eigenvalue weighted by Gasteiger charge is 2.04. The molecule has 90 valence electrons. The molecule has 3 heterocycles. The summed E-state index contributed by atoms with van der Waals surface area (Å²) in [6.45, 7) is 0.548. The lowest BCUT2D eigenvalue weighted by Gasteiger charge is -2.06. The van der Waals surface area contributed by atoms with Crippen LogP contribution in [0.5, 0.6) is 0 Å². The van der Waals surface area contributed by atoms with Crippen LogP contribution in [0.3, 0.4) is 0 Å². The van der Waals surface area contributed by atoms with E-state index in [0.29, 0.717) is 17.5 Å². The Kier molecular flexibility index (Phi) is 2.56. The summed E-state index contributed by atoms with van der Waals surface area (Å²) in [6.07, 6.45) is 4.72. The van der Waals surface area contributed by atoms with Gasteiger partial charge in [-0.2, -0.15) is 14.6 Å². The molecule has 18 heavy (non-hydrogen) atoms. The first-order chi connectivity index (χ1) is 8.74. The summed E-state index contributed by atoms with van der Waals surface area (Å²) >= 11 is 5.73. The molecule has 0 bridgehead atoms. The van der Waals surface area contributed by atoms with Crippen molar-refractivity contribution in [2.75, 3.05) is 0 Å². The molecule has 0 spiro atoms. The van der Waals surface area contributed by atoms with Gasteiger partial charge >= 0.3 is 0 Å². The predicted molar refractivity (Wildman–Crippen MR) is 65.6 cm³/mol. The lowest BCUT2D eigenvalue weighted by Crippen LogP contribution is -2.17. The lowest BCUT2D eigenvalue weighted by molar-refractivity contribution is 0.754. The van der Waals surface area contributed by atoms with Gasteiger partial charge in [-0.15, -0.1) is 0 Å². The number of aromatic nitrogens is 5. The Balaban J connectivity index is 2.05. The van der Waals surface area contributed by atoms with Gasteiger partial charge in [-0.1, -0.05) is 17.7 Å². The average molecular weight is 262 g/mol. The molecular weight excluding hydrogens is 254 g/mol. The first kappa shape index (κ1) is 10.9. The first-order valence-corrected chi connectivity index (χ1v) is 5.61. The molecule has 0 saturated carbocycles. The van der Waals surface area contributed by atoms with Gasteiger partial charge in [-0.05, 0) is 11.6 Å². The van der Waals surface area contributed by atoms with Crippen molar-refractivity contribution in [2.45, 2.75) is 6.54 Å². The molecule has 3 aromatic heterocycles. The summed E-state index contributed by atoms with van der Waals surface area (Å²) in [5, 5.41) is 4.32. The average Bonchev–Trinajstić information content (AvgIpc) is 2.86. The van der Waals surface area contributed by atoms with Gasteiger partial charge in [-0.3, -0.25) is 4.79 Å². The van der Waals surface area contributed by atoms with E-state index in [-0.39, 0.29) is 5.56 Å². The molecule has 0 radical (unpaired) electrons. The number of fused-ring (bicyclic) bond motifs is 1. The number of halogens is 1. The SMILES string of the molecule is O=c1ccn(Cc2ccc(Cl)nc2)c2ncnn12. The van der Waals surface area contributed by atoms with Crippen LogP contribution in [0.25, 0.3) is 5.78 Å². The lowest BCUT2D eigenvalue weighted by atomic mass is 10.3. The standard InChI is InChI=1S/C11H8ClN5O/c12-9-2-1-8(5-13-9)6-16-4-3-10(18)17-11(16)14-7-15-17/h1-5,7H,6H2. The van der Waals surface area contributed by atoms with Crippen LogP contribution in [0.2, 0.25) is 5.15 Å². The van der Waals surface area contributed by atoms with Crippen molar-refractivity contribution >= 4 is 17.4 Å². The Bertz CT molecular complexity index is 746. The molecule has 0 aliphatic rings. The highest BCUT2D eigenvalue weighted by molar-refractivity contribution is 6.29. The Morgan fingerprint density at radius 3 is 2.89 bits per heavy atom. The third-order valence-corrected chi connectivity index (χ3v) is 2.76. The van der Waals surface area contributed by atoms with Crippen molar-refractivity contribution in [2.24, 2.45) is 0 Å². The molecular formula is C11H8ClN5O. The zero-order valence-corrected chi connectivity index (χ0v) is 9.95. The van der Waals surface area contributed by atoms with Crippen molar-refractivity contribution in [1.29, 1.82) is 0 Å². The smallest absolute Gasteiger partial charge is 0.275 e. The third-order valence-electron chi connectivity index (χ3n) is 2.53. The molecule has 0 saturated heterocycles. The van der Waals surface area contributed by atoms with Crippen molar-refractivity contribution in [3.05, 3.63) is 58.0 Å². The summed E-state index contributed by atoms with van der Waals surface area (Å²) in [7, 11) is 0. The number of nitrogens with zero attached hydrogens (tertiary/aromatic N) is 5. The second-order valence-corrected chi connectivity index (χ2v) is 4.13. The predicted octanol–water partition coefficient (Wildman–Crippen LogP) is 0.988. The van der Waals surface area contributed by atoms with Crippen LogP contribution in [-0.4, -0.2) is 24.1 Å². The van der Waals surface area contributed by atoms with Gasteiger partial charge in [0.2, 0.25) is 5.78 Å². The first-order valence-electron chi connectivity index (χ1n) is 5.24. The number of hydrogen-bond donors (Lipinski definition) is 0. The van der Waals surface area contributed by atoms with Gasteiger partial charge in [0.1, 0.15) is 11.5 Å². The van der Waals surface area contributed by atoms with Crippen LogP contribution in [-0.2, 0) is 6.54 Å². The Labute approximate surface area is 106 Å². The van der Waals surface area contributed by atoms with Crippen LogP contribution in [0.15, 0.2) is 41.7 Å². The Morgan fingerprint density at radius 2 is 2.11 bits per heavy atom. The molecule has 0 unspecified atom stereocenters. The van der Waals surface area contributed by atoms with E-state index in [2.05, 4.69) is 15.1 Å². The minimum Gasteiger partial charge on any atom is -0.312 e. The van der Waals surface area contributed by atoms with E-state index in [1.807, 2.05) is 10.6 Å². The fraction of sp³-hybridized carbons (Fsp3) is 0.0909.